The smallest absolute Gasteiger partial charge is 0.303 e. The van der Waals surface area contributed by atoms with Gasteiger partial charge < -0.3 is 18.9 Å². The van der Waals surface area contributed by atoms with E-state index in [9.17, 15) is 14.4 Å². The normalized spacial score (nSPS) is 22.4. The summed E-state index contributed by atoms with van der Waals surface area (Å²) in [5.41, 5.74) is 0.103. The van der Waals surface area contributed by atoms with Crippen LogP contribution < -0.4 is 0 Å². The second kappa shape index (κ2) is 13.2. The van der Waals surface area contributed by atoms with Gasteiger partial charge in [0.05, 0.1) is 21.3 Å². The number of halogens is 3. The number of carbonyl (C=O) groups is 3. The Labute approximate surface area is 248 Å². The van der Waals surface area contributed by atoms with Crippen molar-refractivity contribution in [2.75, 3.05) is 6.61 Å². The first kappa shape index (κ1) is 30.1. The maximum atomic E-state index is 12.3. The van der Waals surface area contributed by atoms with Crippen molar-refractivity contribution in [1.82, 2.24) is 20.0 Å². The van der Waals surface area contributed by atoms with E-state index in [-0.39, 0.29) is 6.61 Å². The molecule has 1 aliphatic heterocycles. The first-order valence-corrected chi connectivity index (χ1v) is 13.8. The average molecular weight is 630 g/mol. The maximum Gasteiger partial charge on any atom is 0.303 e. The third-order valence-electron chi connectivity index (χ3n) is 5.63. The van der Waals surface area contributed by atoms with Crippen molar-refractivity contribution in [3.05, 3.63) is 57.9 Å². The summed E-state index contributed by atoms with van der Waals surface area (Å²) >= 11 is 19.6. The number of hydrogen-bond acceptors (Lipinski definition) is 11. The molecule has 5 atom stereocenters. The number of benzene rings is 1. The van der Waals surface area contributed by atoms with Gasteiger partial charge in [-0.3, -0.25) is 19.4 Å². The SMILES string of the molecule is CC(=O)OC[C@H]1O[C@H](Sc2ccc(Cl)c(Cl)c2)[C@H](OC(C)=O)[C@@H](n2cc(-c3cncc(Cl)c3)nn2)[C@H]1OC(C)=O. The summed E-state index contributed by atoms with van der Waals surface area (Å²) in [6.45, 7) is 3.46. The second-order valence-corrected chi connectivity index (χ2v) is 11.1. The van der Waals surface area contributed by atoms with E-state index in [0.717, 1.165) is 0 Å². The fraction of sp³-hybridized carbons (Fsp3) is 0.360. The van der Waals surface area contributed by atoms with Gasteiger partial charge in [0.15, 0.2) is 12.2 Å². The number of rotatable bonds is 8. The van der Waals surface area contributed by atoms with E-state index < -0.39 is 47.7 Å². The summed E-state index contributed by atoms with van der Waals surface area (Å²) < 4.78 is 24.3. The fourth-order valence-electron chi connectivity index (χ4n) is 4.07. The van der Waals surface area contributed by atoms with Crippen molar-refractivity contribution in [2.24, 2.45) is 0 Å². The molecule has 0 N–H and O–H groups in total. The van der Waals surface area contributed by atoms with Gasteiger partial charge in [0.1, 0.15) is 29.9 Å². The maximum absolute atomic E-state index is 12.3. The van der Waals surface area contributed by atoms with Crippen molar-refractivity contribution in [3.63, 3.8) is 0 Å². The number of carbonyl (C=O) groups excluding carboxylic acids is 3. The monoisotopic (exact) mass is 628 g/mol. The van der Waals surface area contributed by atoms with Crippen LogP contribution in [-0.2, 0) is 33.3 Å². The molecule has 2 aromatic heterocycles. The highest BCUT2D eigenvalue weighted by Crippen LogP contribution is 2.42. The molecule has 0 aliphatic carbocycles. The van der Waals surface area contributed by atoms with Crippen molar-refractivity contribution in [2.45, 2.75) is 55.5 Å². The van der Waals surface area contributed by atoms with E-state index in [1.165, 1.54) is 43.4 Å². The Bertz CT molecular complexity index is 1410. The van der Waals surface area contributed by atoms with Gasteiger partial charge in [-0.25, -0.2) is 4.68 Å². The van der Waals surface area contributed by atoms with E-state index in [4.69, 9.17) is 53.8 Å². The van der Waals surface area contributed by atoms with Crippen LogP contribution in [0.15, 0.2) is 47.8 Å². The molecule has 0 bridgehead atoms. The van der Waals surface area contributed by atoms with Crippen LogP contribution in [0.3, 0.4) is 0 Å². The lowest BCUT2D eigenvalue weighted by Gasteiger charge is -2.44. The molecule has 3 heterocycles. The summed E-state index contributed by atoms with van der Waals surface area (Å²) in [6.07, 6.45) is 1.50. The molecule has 1 saturated heterocycles. The predicted octanol–water partition coefficient (Wildman–Crippen LogP) is 4.79. The molecule has 1 aliphatic rings. The number of thioether (sulfide) groups is 1. The largest absolute Gasteiger partial charge is 0.463 e. The van der Waals surface area contributed by atoms with Crippen LogP contribution in [0.2, 0.25) is 15.1 Å². The molecule has 11 nitrogen and oxygen atoms in total. The number of ether oxygens (including phenoxy) is 4. The summed E-state index contributed by atoms with van der Waals surface area (Å²) in [5.74, 6) is -1.81. The Morgan fingerprint density at radius 1 is 0.975 bits per heavy atom. The summed E-state index contributed by atoms with van der Waals surface area (Å²) in [7, 11) is 0. The molecule has 15 heteroatoms. The van der Waals surface area contributed by atoms with Crippen molar-refractivity contribution >= 4 is 64.5 Å². The highest BCUT2D eigenvalue weighted by molar-refractivity contribution is 7.99. The quantitative estimate of drug-likeness (QED) is 0.252. The third-order valence-corrected chi connectivity index (χ3v) is 7.71. The Morgan fingerprint density at radius 2 is 1.70 bits per heavy atom. The molecule has 0 saturated carbocycles. The van der Waals surface area contributed by atoms with Crippen LogP contribution in [0.25, 0.3) is 11.3 Å². The first-order chi connectivity index (χ1) is 19.0. The highest BCUT2D eigenvalue weighted by Gasteiger charge is 2.52. The minimum absolute atomic E-state index is 0.255. The molecule has 0 spiro atoms. The van der Waals surface area contributed by atoms with E-state index >= 15 is 0 Å². The molecule has 1 aromatic carbocycles. The van der Waals surface area contributed by atoms with E-state index in [1.807, 2.05) is 0 Å². The number of hydrogen-bond donors (Lipinski definition) is 0. The van der Waals surface area contributed by atoms with Crippen LogP contribution in [0, 0.1) is 0 Å². The number of aromatic nitrogens is 4. The Morgan fingerprint density at radius 3 is 2.35 bits per heavy atom. The average Bonchev–Trinajstić information content (AvgIpc) is 3.36. The molecule has 0 amide bonds. The molecule has 40 heavy (non-hydrogen) atoms. The highest BCUT2D eigenvalue weighted by atomic mass is 35.5. The Balaban J connectivity index is 1.80. The fourth-order valence-corrected chi connectivity index (χ4v) is 5.76. The molecule has 4 rings (SSSR count). The molecular formula is C25H23Cl3N4O7S. The summed E-state index contributed by atoms with van der Waals surface area (Å²) in [6, 6.07) is 5.69. The van der Waals surface area contributed by atoms with Crippen molar-refractivity contribution in [1.29, 1.82) is 0 Å². The van der Waals surface area contributed by atoms with Gasteiger partial charge in [0, 0.05) is 43.6 Å². The van der Waals surface area contributed by atoms with Crippen LogP contribution in [-0.4, -0.2) is 68.2 Å². The van der Waals surface area contributed by atoms with Crippen LogP contribution in [0.4, 0.5) is 0 Å². The molecule has 0 radical (unpaired) electrons. The van der Waals surface area contributed by atoms with Gasteiger partial charge in [-0.1, -0.05) is 51.8 Å². The Kier molecular flexibility index (Phi) is 9.90. The Hall–Kier alpha value is -2.90. The third kappa shape index (κ3) is 7.43. The number of pyridine rings is 1. The van der Waals surface area contributed by atoms with Gasteiger partial charge >= 0.3 is 17.9 Å². The minimum Gasteiger partial charge on any atom is -0.463 e. The second-order valence-electron chi connectivity index (χ2n) is 8.65. The van der Waals surface area contributed by atoms with Gasteiger partial charge in [-0.2, -0.15) is 0 Å². The lowest BCUT2D eigenvalue weighted by atomic mass is 9.96. The zero-order chi connectivity index (χ0) is 29.0. The van der Waals surface area contributed by atoms with Crippen LogP contribution in [0.5, 0.6) is 0 Å². The predicted molar refractivity (Wildman–Crippen MR) is 146 cm³/mol. The van der Waals surface area contributed by atoms with E-state index in [2.05, 4.69) is 15.3 Å². The zero-order valence-corrected chi connectivity index (χ0v) is 24.4. The molecule has 212 valence electrons. The molecule has 1 fully saturated rings. The minimum atomic E-state index is -1.10. The van der Waals surface area contributed by atoms with Crippen molar-refractivity contribution < 1.29 is 33.3 Å². The zero-order valence-electron chi connectivity index (χ0n) is 21.3. The van der Waals surface area contributed by atoms with E-state index in [0.29, 0.717) is 31.2 Å². The number of esters is 3. The standard InChI is InChI=1S/C25H23Cl3N4O7S/c1-12(33)36-11-21-23(37-13(2)34)22(32-10-20(30-31-32)15-6-16(26)9-29-8-15)24(38-14(3)35)25(39-21)40-17-4-5-18(27)19(28)7-17/h4-10,21-25H,11H2,1-3H3/t21-,22+,23+,24-,25-/m1/s1. The summed E-state index contributed by atoms with van der Waals surface area (Å²) in [4.78, 5) is 40.9. The van der Waals surface area contributed by atoms with Gasteiger partial charge in [0.2, 0.25) is 0 Å². The lowest BCUT2D eigenvalue weighted by molar-refractivity contribution is -0.212. The number of nitrogens with zero attached hydrogens (tertiary/aromatic N) is 4. The van der Waals surface area contributed by atoms with Gasteiger partial charge in [0.25, 0.3) is 0 Å². The van der Waals surface area contributed by atoms with Gasteiger partial charge in [-0.05, 0) is 24.3 Å². The molecule has 0 unspecified atom stereocenters. The molecule has 3 aromatic rings. The topological polar surface area (TPSA) is 132 Å². The van der Waals surface area contributed by atoms with Crippen molar-refractivity contribution in [3.8, 4) is 11.3 Å². The first-order valence-electron chi connectivity index (χ1n) is 11.8. The van der Waals surface area contributed by atoms with Crippen LogP contribution in [0.1, 0.15) is 26.8 Å². The van der Waals surface area contributed by atoms with E-state index in [1.54, 1.807) is 36.7 Å². The van der Waals surface area contributed by atoms with Gasteiger partial charge in [-0.15, -0.1) is 5.10 Å². The lowest BCUT2D eigenvalue weighted by Crippen LogP contribution is -2.57. The molecular weight excluding hydrogens is 607 g/mol. The van der Waals surface area contributed by atoms with Crippen LogP contribution >= 0.6 is 46.6 Å². The summed E-state index contributed by atoms with van der Waals surface area (Å²) in [5, 5.41) is 9.56.